The summed E-state index contributed by atoms with van der Waals surface area (Å²) in [6, 6.07) is 19.9. The molecule has 0 N–H and O–H groups in total. The maximum Gasteiger partial charge on any atom is 0.257 e. The fraction of sp³-hybridized carbons (Fsp3) is 0.231. The van der Waals surface area contributed by atoms with Gasteiger partial charge >= 0.3 is 0 Å². The molecule has 31 heavy (non-hydrogen) atoms. The van der Waals surface area contributed by atoms with Crippen molar-refractivity contribution >= 4 is 16.7 Å². The number of amides is 1. The third kappa shape index (κ3) is 4.31. The first-order valence-corrected chi connectivity index (χ1v) is 10.3. The lowest BCUT2D eigenvalue weighted by Gasteiger charge is -2.21. The molecule has 0 atom stereocenters. The van der Waals surface area contributed by atoms with E-state index in [1.165, 1.54) is 0 Å². The normalized spacial score (nSPS) is 11.0. The highest BCUT2D eigenvalue weighted by Crippen LogP contribution is 2.29. The molecule has 4 rings (SSSR count). The van der Waals surface area contributed by atoms with Crippen LogP contribution in [0, 0.1) is 20.8 Å². The molecule has 0 aliphatic rings. The Hall–Kier alpha value is -3.60. The van der Waals surface area contributed by atoms with Gasteiger partial charge in [0.05, 0.1) is 16.8 Å². The molecule has 5 nitrogen and oxygen atoms in total. The van der Waals surface area contributed by atoms with E-state index in [9.17, 15) is 4.79 Å². The maximum absolute atomic E-state index is 13.4. The van der Waals surface area contributed by atoms with Gasteiger partial charge in [-0.15, -0.1) is 0 Å². The smallest absolute Gasteiger partial charge is 0.257 e. The summed E-state index contributed by atoms with van der Waals surface area (Å²) in [7, 11) is 1.82. The summed E-state index contributed by atoms with van der Waals surface area (Å²) in [5.41, 5.74) is 4.53. The van der Waals surface area contributed by atoms with Gasteiger partial charge in [-0.3, -0.25) is 4.79 Å². The number of carbonyl (C=O) groups excluding carboxylic acids is 1. The Bertz CT molecular complexity index is 1220. The van der Waals surface area contributed by atoms with Gasteiger partial charge < -0.3 is 14.2 Å². The molecule has 0 aliphatic carbocycles. The number of hydrogen-bond donors (Lipinski definition) is 0. The maximum atomic E-state index is 13.4. The lowest BCUT2D eigenvalue weighted by Crippen LogP contribution is -2.27. The Morgan fingerprint density at radius 1 is 1.00 bits per heavy atom. The van der Waals surface area contributed by atoms with Gasteiger partial charge in [-0.1, -0.05) is 53.7 Å². The van der Waals surface area contributed by atoms with Crippen molar-refractivity contribution in [3.8, 4) is 5.75 Å². The van der Waals surface area contributed by atoms with Crippen molar-refractivity contribution in [1.29, 1.82) is 0 Å². The predicted octanol–water partition coefficient (Wildman–Crippen LogP) is 5.60. The monoisotopic (exact) mass is 414 g/mol. The van der Waals surface area contributed by atoms with Crippen molar-refractivity contribution in [3.63, 3.8) is 0 Å². The van der Waals surface area contributed by atoms with Crippen molar-refractivity contribution < 1.29 is 14.1 Å². The SMILES string of the molecule is Cc1ccccc1CN(C)C(=O)c1cc2ccccc2cc1OCc1c(C)noc1C. The molecule has 158 valence electrons. The van der Waals surface area contributed by atoms with Crippen LogP contribution in [0.2, 0.25) is 0 Å². The van der Waals surface area contributed by atoms with E-state index in [4.69, 9.17) is 9.26 Å². The summed E-state index contributed by atoms with van der Waals surface area (Å²) in [6.07, 6.45) is 0. The van der Waals surface area contributed by atoms with Crippen LogP contribution < -0.4 is 4.74 Å². The summed E-state index contributed by atoms with van der Waals surface area (Å²) >= 11 is 0. The third-order valence-corrected chi connectivity index (χ3v) is 5.65. The van der Waals surface area contributed by atoms with Crippen LogP contribution in [0.25, 0.3) is 10.8 Å². The van der Waals surface area contributed by atoms with Crippen LogP contribution in [-0.4, -0.2) is 23.0 Å². The van der Waals surface area contributed by atoms with Gasteiger partial charge in [0.2, 0.25) is 0 Å². The van der Waals surface area contributed by atoms with Crippen LogP contribution in [0.5, 0.6) is 5.75 Å². The highest BCUT2D eigenvalue weighted by molar-refractivity contribution is 6.01. The second-order valence-electron chi connectivity index (χ2n) is 7.87. The van der Waals surface area contributed by atoms with E-state index in [0.717, 1.165) is 38.9 Å². The minimum atomic E-state index is -0.0808. The van der Waals surface area contributed by atoms with Crippen LogP contribution in [0.4, 0.5) is 0 Å². The van der Waals surface area contributed by atoms with Gasteiger partial charge in [0.1, 0.15) is 18.1 Å². The van der Waals surface area contributed by atoms with Gasteiger partial charge in [-0.05, 0) is 54.8 Å². The summed E-state index contributed by atoms with van der Waals surface area (Å²) in [6.45, 7) is 6.63. The zero-order valence-electron chi connectivity index (χ0n) is 18.3. The van der Waals surface area contributed by atoms with Crippen LogP contribution >= 0.6 is 0 Å². The van der Waals surface area contributed by atoms with Crippen molar-refractivity contribution in [2.75, 3.05) is 7.05 Å². The van der Waals surface area contributed by atoms with E-state index in [1.54, 1.807) is 4.90 Å². The second-order valence-corrected chi connectivity index (χ2v) is 7.87. The average Bonchev–Trinajstić information content (AvgIpc) is 3.09. The van der Waals surface area contributed by atoms with Crippen molar-refractivity contribution in [2.45, 2.75) is 33.9 Å². The largest absolute Gasteiger partial charge is 0.488 e. The lowest BCUT2D eigenvalue weighted by molar-refractivity contribution is 0.0780. The van der Waals surface area contributed by atoms with Gasteiger partial charge in [-0.2, -0.15) is 0 Å². The quantitative estimate of drug-likeness (QED) is 0.412. The van der Waals surface area contributed by atoms with E-state index in [0.29, 0.717) is 24.5 Å². The molecule has 0 saturated heterocycles. The van der Waals surface area contributed by atoms with E-state index in [1.807, 2.05) is 75.5 Å². The Morgan fingerprint density at radius 3 is 2.35 bits per heavy atom. The first-order valence-electron chi connectivity index (χ1n) is 10.3. The lowest BCUT2D eigenvalue weighted by atomic mass is 10.0. The molecule has 0 bridgehead atoms. The molecule has 1 amide bonds. The molecule has 3 aromatic carbocycles. The fourth-order valence-electron chi connectivity index (χ4n) is 3.68. The topological polar surface area (TPSA) is 55.6 Å². The van der Waals surface area contributed by atoms with Crippen molar-refractivity contribution in [2.24, 2.45) is 0 Å². The number of aryl methyl sites for hydroxylation is 3. The van der Waals surface area contributed by atoms with Gasteiger partial charge in [0, 0.05) is 13.6 Å². The zero-order valence-corrected chi connectivity index (χ0v) is 18.3. The van der Waals surface area contributed by atoms with Gasteiger partial charge in [0.15, 0.2) is 0 Å². The number of hydrogen-bond acceptors (Lipinski definition) is 4. The molecule has 0 spiro atoms. The molecule has 4 aromatic rings. The molecule has 0 saturated carbocycles. The molecular formula is C26H26N2O3. The first-order chi connectivity index (χ1) is 14.9. The van der Waals surface area contributed by atoms with E-state index in [-0.39, 0.29) is 5.91 Å². The highest BCUT2D eigenvalue weighted by atomic mass is 16.5. The second kappa shape index (κ2) is 8.64. The van der Waals surface area contributed by atoms with Crippen LogP contribution in [0.1, 0.15) is 38.5 Å². The molecule has 0 unspecified atom stereocenters. The van der Waals surface area contributed by atoms with E-state index in [2.05, 4.69) is 18.1 Å². The summed E-state index contributed by atoms with van der Waals surface area (Å²) in [5.74, 6) is 1.20. The van der Waals surface area contributed by atoms with Gasteiger partial charge in [-0.25, -0.2) is 0 Å². The van der Waals surface area contributed by atoms with E-state index >= 15 is 0 Å². The molecule has 1 heterocycles. The molecule has 0 aliphatic heterocycles. The fourth-order valence-corrected chi connectivity index (χ4v) is 3.68. The number of ether oxygens (including phenoxy) is 1. The molecule has 0 radical (unpaired) electrons. The number of fused-ring (bicyclic) bond motifs is 1. The van der Waals surface area contributed by atoms with Gasteiger partial charge in [0.25, 0.3) is 5.91 Å². The minimum absolute atomic E-state index is 0.0808. The molecule has 5 heteroatoms. The summed E-state index contributed by atoms with van der Waals surface area (Å²) in [5, 5.41) is 6.01. The van der Waals surface area contributed by atoms with E-state index < -0.39 is 0 Å². The zero-order chi connectivity index (χ0) is 22.0. The number of aromatic nitrogens is 1. The standard InChI is InChI=1S/C26H26N2O3/c1-17-9-5-6-12-22(17)15-28(4)26(29)23-13-20-10-7-8-11-21(20)14-25(23)30-16-24-18(2)27-31-19(24)3/h5-14H,15-16H2,1-4H3. The Kier molecular flexibility index (Phi) is 5.76. The van der Waals surface area contributed by atoms with Crippen molar-refractivity contribution in [3.05, 3.63) is 94.4 Å². The third-order valence-electron chi connectivity index (χ3n) is 5.65. The Labute approximate surface area is 182 Å². The molecule has 0 fully saturated rings. The number of nitrogens with zero attached hydrogens (tertiary/aromatic N) is 2. The first kappa shape index (κ1) is 20.7. The summed E-state index contributed by atoms with van der Waals surface area (Å²) in [4.78, 5) is 15.2. The van der Waals surface area contributed by atoms with Crippen LogP contribution in [0.15, 0.2) is 65.2 Å². The average molecular weight is 415 g/mol. The van der Waals surface area contributed by atoms with Crippen molar-refractivity contribution in [1.82, 2.24) is 10.1 Å². The Morgan fingerprint density at radius 2 is 1.68 bits per heavy atom. The van der Waals surface area contributed by atoms with Crippen LogP contribution in [-0.2, 0) is 13.2 Å². The minimum Gasteiger partial charge on any atom is -0.488 e. The molecular weight excluding hydrogens is 388 g/mol. The highest BCUT2D eigenvalue weighted by Gasteiger charge is 2.20. The predicted molar refractivity (Wildman–Crippen MR) is 121 cm³/mol. The van der Waals surface area contributed by atoms with Crippen LogP contribution in [0.3, 0.4) is 0 Å². The Balaban J connectivity index is 1.66. The summed E-state index contributed by atoms with van der Waals surface area (Å²) < 4.78 is 11.4. The number of carbonyl (C=O) groups is 1. The number of benzene rings is 3. The number of rotatable bonds is 6. The molecule has 1 aromatic heterocycles.